The Balaban J connectivity index is 1.46. The Kier molecular flexibility index (Phi) is 7.25. The lowest BCUT2D eigenvalue weighted by Gasteiger charge is -2.34. The molecule has 1 fully saturated rings. The third kappa shape index (κ3) is 5.70. The summed E-state index contributed by atoms with van der Waals surface area (Å²) in [4.78, 5) is 13.8. The van der Waals surface area contributed by atoms with Gasteiger partial charge in [0, 0.05) is 52.5 Å². The van der Waals surface area contributed by atoms with Crippen LogP contribution in [0.1, 0.15) is 23.6 Å². The molecule has 1 aliphatic rings. The largest absolute Gasteiger partial charge is 0.354 e. The van der Waals surface area contributed by atoms with Crippen molar-refractivity contribution in [2.45, 2.75) is 26.9 Å². The number of rotatable bonds is 6. The van der Waals surface area contributed by atoms with Crippen LogP contribution >= 0.6 is 0 Å². The second-order valence-electron chi connectivity index (χ2n) is 7.21. The van der Waals surface area contributed by atoms with Crippen LogP contribution in [0.5, 0.6) is 0 Å². The standard InChI is InChI=1S/C22H32N6/c1-4-27-11-13-28(14-12-27)21-10-9-20(16-24-21)17-26-22(23-3)25-15-19-7-5-18(2)6-8-19/h5-10,16H,4,11-15,17H2,1-3H3,(H2,23,25,26). The second kappa shape index (κ2) is 10.1. The number of aromatic nitrogens is 1. The third-order valence-electron chi connectivity index (χ3n) is 5.22. The Bertz CT molecular complexity index is 746. The molecule has 3 rings (SSSR count). The van der Waals surface area contributed by atoms with Gasteiger partial charge >= 0.3 is 0 Å². The molecule has 1 aliphatic heterocycles. The first-order valence-corrected chi connectivity index (χ1v) is 10.1. The fourth-order valence-corrected chi connectivity index (χ4v) is 3.30. The topological polar surface area (TPSA) is 55.8 Å². The molecule has 150 valence electrons. The molecule has 0 atom stereocenters. The SMILES string of the molecule is CCN1CCN(c2ccc(CNC(=NC)NCc3ccc(C)cc3)cn2)CC1. The van der Waals surface area contributed by atoms with E-state index in [1.165, 1.54) is 11.1 Å². The monoisotopic (exact) mass is 380 g/mol. The number of aryl methyl sites for hydroxylation is 1. The van der Waals surface area contributed by atoms with Crippen LogP contribution in [0.25, 0.3) is 0 Å². The van der Waals surface area contributed by atoms with Crippen LogP contribution in [-0.4, -0.2) is 55.6 Å². The molecule has 6 heteroatoms. The Morgan fingerprint density at radius 1 is 0.964 bits per heavy atom. The highest BCUT2D eigenvalue weighted by molar-refractivity contribution is 5.79. The second-order valence-corrected chi connectivity index (χ2v) is 7.21. The van der Waals surface area contributed by atoms with E-state index in [2.05, 4.69) is 80.7 Å². The van der Waals surface area contributed by atoms with Crippen LogP contribution in [0.4, 0.5) is 5.82 Å². The van der Waals surface area contributed by atoms with Gasteiger partial charge in [-0.05, 0) is 30.7 Å². The normalized spacial score (nSPS) is 15.5. The van der Waals surface area contributed by atoms with E-state index in [9.17, 15) is 0 Å². The molecule has 0 spiro atoms. The molecule has 28 heavy (non-hydrogen) atoms. The highest BCUT2D eigenvalue weighted by Gasteiger charge is 2.16. The highest BCUT2D eigenvalue weighted by Crippen LogP contribution is 2.14. The van der Waals surface area contributed by atoms with Gasteiger partial charge in [0.15, 0.2) is 5.96 Å². The van der Waals surface area contributed by atoms with E-state index >= 15 is 0 Å². The molecule has 1 aromatic heterocycles. The van der Waals surface area contributed by atoms with Gasteiger partial charge in [0.2, 0.25) is 0 Å². The minimum atomic E-state index is 0.699. The summed E-state index contributed by atoms with van der Waals surface area (Å²) in [6.07, 6.45) is 1.96. The van der Waals surface area contributed by atoms with Crippen LogP contribution in [0, 0.1) is 6.92 Å². The molecule has 0 unspecified atom stereocenters. The first-order chi connectivity index (χ1) is 13.7. The smallest absolute Gasteiger partial charge is 0.191 e. The first-order valence-electron chi connectivity index (χ1n) is 10.1. The minimum absolute atomic E-state index is 0.699. The molecule has 0 amide bonds. The van der Waals surface area contributed by atoms with E-state index in [-0.39, 0.29) is 0 Å². The zero-order valence-electron chi connectivity index (χ0n) is 17.3. The lowest BCUT2D eigenvalue weighted by Crippen LogP contribution is -2.46. The lowest BCUT2D eigenvalue weighted by atomic mass is 10.1. The van der Waals surface area contributed by atoms with Crippen molar-refractivity contribution < 1.29 is 0 Å². The molecular formula is C22H32N6. The summed E-state index contributed by atoms with van der Waals surface area (Å²) >= 11 is 0. The molecule has 0 radical (unpaired) electrons. The maximum atomic E-state index is 4.67. The molecular weight excluding hydrogens is 348 g/mol. The van der Waals surface area contributed by atoms with Crippen molar-refractivity contribution in [3.8, 4) is 0 Å². The van der Waals surface area contributed by atoms with Gasteiger partial charge in [-0.25, -0.2) is 4.98 Å². The Morgan fingerprint density at radius 3 is 2.18 bits per heavy atom. The molecule has 1 aromatic carbocycles. The molecule has 2 heterocycles. The summed E-state index contributed by atoms with van der Waals surface area (Å²) in [6.45, 7) is 11.2. The van der Waals surface area contributed by atoms with Crippen LogP contribution in [0.15, 0.2) is 47.6 Å². The average Bonchev–Trinajstić information content (AvgIpc) is 2.75. The van der Waals surface area contributed by atoms with Crippen molar-refractivity contribution in [1.82, 2.24) is 20.5 Å². The van der Waals surface area contributed by atoms with E-state index in [0.717, 1.165) is 56.6 Å². The summed E-state index contributed by atoms with van der Waals surface area (Å²) in [6, 6.07) is 12.8. The number of hydrogen-bond acceptors (Lipinski definition) is 4. The van der Waals surface area contributed by atoms with Gasteiger partial charge in [-0.3, -0.25) is 4.99 Å². The summed E-state index contributed by atoms with van der Waals surface area (Å²) in [5, 5.41) is 6.71. The highest BCUT2D eigenvalue weighted by atomic mass is 15.3. The predicted octanol–water partition coefficient (Wildman–Crippen LogP) is 2.40. The first kappa shape index (κ1) is 20.1. The summed E-state index contributed by atoms with van der Waals surface area (Å²) in [5.74, 6) is 1.86. The average molecular weight is 381 g/mol. The van der Waals surface area contributed by atoms with Crippen molar-refractivity contribution in [3.63, 3.8) is 0 Å². The zero-order chi connectivity index (χ0) is 19.8. The number of nitrogens with zero attached hydrogens (tertiary/aromatic N) is 4. The minimum Gasteiger partial charge on any atom is -0.354 e. The van der Waals surface area contributed by atoms with Gasteiger partial charge in [0.1, 0.15) is 5.82 Å². The van der Waals surface area contributed by atoms with Crippen LogP contribution in [0.2, 0.25) is 0 Å². The molecule has 0 bridgehead atoms. The number of likely N-dealkylation sites (N-methyl/N-ethyl adjacent to an activating group) is 1. The number of anilines is 1. The number of guanidine groups is 1. The number of piperazine rings is 1. The van der Waals surface area contributed by atoms with Crippen LogP contribution < -0.4 is 15.5 Å². The Labute approximate surface area is 168 Å². The molecule has 0 saturated carbocycles. The summed E-state index contributed by atoms with van der Waals surface area (Å²) in [5.41, 5.74) is 3.66. The lowest BCUT2D eigenvalue weighted by molar-refractivity contribution is 0.270. The molecule has 1 saturated heterocycles. The van der Waals surface area contributed by atoms with Crippen molar-refractivity contribution in [1.29, 1.82) is 0 Å². The van der Waals surface area contributed by atoms with Gasteiger partial charge in [0.25, 0.3) is 0 Å². The van der Waals surface area contributed by atoms with Gasteiger partial charge in [0.05, 0.1) is 0 Å². The Hall–Kier alpha value is -2.60. The summed E-state index contributed by atoms with van der Waals surface area (Å²) in [7, 11) is 1.79. The van der Waals surface area contributed by atoms with Crippen molar-refractivity contribution in [2.24, 2.45) is 4.99 Å². The van der Waals surface area contributed by atoms with Crippen molar-refractivity contribution in [3.05, 3.63) is 59.3 Å². The van der Waals surface area contributed by atoms with E-state index < -0.39 is 0 Å². The van der Waals surface area contributed by atoms with Crippen LogP contribution in [-0.2, 0) is 13.1 Å². The number of benzene rings is 1. The fourth-order valence-electron chi connectivity index (χ4n) is 3.30. The van der Waals surface area contributed by atoms with Crippen molar-refractivity contribution in [2.75, 3.05) is 44.7 Å². The number of hydrogen-bond donors (Lipinski definition) is 2. The molecule has 2 N–H and O–H groups in total. The van der Waals surface area contributed by atoms with Crippen molar-refractivity contribution >= 4 is 11.8 Å². The maximum absolute atomic E-state index is 4.67. The predicted molar refractivity (Wildman–Crippen MR) is 117 cm³/mol. The summed E-state index contributed by atoms with van der Waals surface area (Å²) < 4.78 is 0. The zero-order valence-corrected chi connectivity index (χ0v) is 17.3. The van der Waals surface area contributed by atoms with Gasteiger partial charge in [-0.2, -0.15) is 0 Å². The molecule has 0 aliphatic carbocycles. The Morgan fingerprint density at radius 2 is 1.61 bits per heavy atom. The van der Waals surface area contributed by atoms with Gasteiger partial charge in [-0.15, -0.1) is 0 Å². The van der Waals surface area contributed by atoms with E-state index in [1.807, 2.05) is 6.20 Å². The number of pyridine rings is 1. The molecule has 6 nitrogen and oxygen atoms in total. The maximum Gasteiger partial charge on any atom is 0.191 e. The third-order valence-corrected chi connectivity index (χ3v) is 5.22. The molecule has 2 aromatic rings. The van der Waals surface area contributed by atoms with E-state index in [1.54, 1.807) is 7.05 Å². The van der Waals surface area contributed by atoms with E-state index in [0.29, 0.717) is 6.54 Å². The van der Waals surface area contributed by atoms with E-state index in [4.69, 9.17) is 0 Å². The quantitative estimate of drug-likeness (QED) is 0.595. The number of nitrogens with one attached hydrogen (secondary N) is 2. The van der Waals surface area contributed by atoms with Gasteiger partial charge in [-0.1, -0.05) is 42.8 Å². The van der Waals surface area contributed by atoms with Gasteiger partial charge < -0.3 is 20.4 Å². The fraction of sp³-hybridized carbons (Fsp3) is 0.455. The number of aliphatic imine (C=N–C) groups is 1. The van der Waals surface area contributed by atoms with Crippen LogP contribution in [0.3, 0.4) is 0 Å².